The van der Waals surface area contributed by atoms with Gasteiger partial charge in [0.1, 0.15) is 17.7 Å². The van der Waals surface area contributed by atoms with E-state index in [0.717, 1.165) is 0 Å². The molecule has 0 aromatic heterocycles. The van der Waals surface area contributed by atoms with Crippen molar-refractivity contribution >= 4 is 41.0 Å². The molecule has 11 heteroatoms. The van der Waals surface area contributed by atoms with Crippen LogP contribution in [0.4, 0.5) is 5.69 Å². The predicted octanol–water partition coefficient (Wildman–Crippen LogP) is 5.33. The molecule has 2 N–H and O–H groups in total. The highest BCUT2D eigenvalue weighted by atomic mass is 35.5. The smallest absolute Gasteiger partial charge is 0.313 e. The Morgan fingerprint density at radius 3 is 2.33 bits per heavy atom. The number of aliphatic hydroxyl groups excluding tert-OH is 1. The molecule has 3 heterocycles. The second-order valence-electron chi connectivity index (χ2n) is 13.1. The van der Waals surface area contributed by atoms with Crippen LogP contribution in [-0.4, -0.2) is 71.1 Å². The fourth-order valence-corrected chi connectivity index (χ4v) is 8.14. The molecule has 6 rings (SSSR count). The number of carbonyl (C=O) groups excluding carboxylic acids is 4. The number of aliphatic hydroxyl groups is 1. The summed E-state index contributed by atoms with van der Waals surface area (Å²) in [5.74, 6) is -3.91. The van der Waals surface area contributed by atoms with E-state index in [2.05, 4.69) is 18.5 Å². The van der Waals surface area contributed by atoms with Gasteiger partial charge in [-0.1, -0.05) is 96.5 Å². The van der Waals surface area contributed by atoms with Crippen molar-refractivity contribution in [3.63, 3.8) is 0 Å². The molecular weight excluding hydrogens is 670 g/mol. The first-order chi connectivity index (χ1) is 24.7. The van der Waals surface area contributed by atoms with E-state index in [9.17, 15) is 24.3 Å². The minimum atomic E-state index is -1.38. The van der Waals surface area contributed by atoms with Crippen molar-refractivity contribution in [2.75, 3.05) is 24.6 Å². The molecule has 3 aliphatic rings. The van der Waals surface area contributed by atoms with Gasteiger partial charge in [0.05, 0.1) is 47.8 Å². The number of benzene rings is 3. The molecule has 7 atom stereocenters. The van der Waals surface area contributed by atoms with Gasteiger partial charge in [-0.2, -0.15) is 0 Å². The fraction of sp³-hybridized carbons (Fsp3) is 0.350. The zero-order valence-corrected chi connectivity index (χ0v) is 29.0. The first-order valence-corrected chi connectivity index (χ1v) is 17.6. The van der Waals surface area contributed by atoms with Crippen molar-refractivity contribution in [2.45, 2.75) is 55.6 Å². The van der Waals surface area contributed by atoms with Gasteiger partial charge in [0.25, 0.3) is 5.91 Å². The summed E-state index contributed by atoms with van der Waals surface area (Å²) >= 11 is 6.61. The van der Waals surface area contributed by atoms with Gasteiger partial charge < -0.3 is 29.7 Å². The van der Waals surface area contributed by atoms with E-state index in [1.54, 1.807) is 72.8 Å². The third-order valence-corrected chi connectivity index (χ3v) is 10.5. The van der Waals surface area contributed by atoms with Gasteiger partial charge in [-0.25, -0.2) is 0 Å². The lowest BCUT2D eigenvalue weighted by Gasteiger charge is -2.39. The average Bonchev–Trinajstić information content (AvgIpc) is 3.80. The Balaban J connectivity index is 1.38. The van der Waals surface area contributed by atoms with Gasteiger partial charge >= 0.3 is 5.97 Å². The van der Waals surface area contributed by atoms with E-state index in [0.29, 0.717) is 41.1 Å². The lowest BCUT2D eigenvalue weighted by molar-refractivity contribution is -0.161. The van der Waals surface area contributed by atoms with Crippen LogP contribution in [0.1, 0.15) is 49.0 Å². The second kappa shape index (κ2) is 15.6. The molecule has 3 saturated heterocycles. The van der Waals surface area contributed by atoms with Gasteiger partial charge in [-0.15, -0.1) is 13.2 Å². The van der Waals surface area contributed by atoms with Crippen LogP contribution in [0.5, 0.6) is 0 Å². The van der Waals surface area contributed by atoms with Crippen LogP contribution in [0.25, 0.3) is 0 Å². The Kier molecular flexibility index (Phi) is 11.0. The van der Waals surface area contributed by atoms with Crippen LogP contribution in [0, 0.1) is 11.8 Å². The number of para-hydroxylation sites is 1. The molecule has 3 amide bonds. The van der Waals surface area contributed by atoms with Gasteiger partial charge in [0, 0.05) is 13.0 Å². The summed E-state index contributed by atoms with van der Waals surface area (Å²) in [5, 5.41) is 14.0. The zero-order chi connectivity index (χ0) is 36.1. The number of fused-ring (bicyclic) bond motifs is 1. The lowest BCUT2D eigenvalue weighted by Crippen LogP contribution is -2.57. The van der Waals surface area contributed by atoms with Crippen molar-refractivity contribution in [3.05, 3.63) is 126 Å². The van der Waals surface area contributed by atoms with Gasteiger partial charge in [0.15, 0.2) is 0 Å². The Morgan fingerprint density at radius 1 is 1.02 bits per heavy atom. The minimum absolute atomic E-state index is 0.0237. The third kappa shape index (κ3) is 6.83. The second-order valence-corrected chi connectivity index (χ2v) is 13.5. The number of nitrogens with zero attached hydrogens (tertiary/aromatic N) is 2. The number of hydrogen-bond acceptors (Lipinski definition) is 7. The highest BCUT2D eigenvalue weighted by Gasteiger charge is 2.76. The summed E-state index contributed by atoms with van der Waals surface area (Å²) in [5.41, 5.74) is 0.346. The molecule has 0 saturated carbocycles. The van der Waals surface area contributed by atoms with Crippen molar-refractivity contribution in [3.8, 4) is 0 Å². The van der Waals surface area contributed by atoms with E-state index < -0.39 is 66.1 Å². The summed E-state index contributed by atoms with van der Waals surface area (Å²) in [7, 11) is 0. The topological polar surface area (TPSA) is 125 Å². The molecular formula is C40H42ClN3O7. The first kappa shape index (κ1) is 36.0. The third-order valence-electron chi connectivity index (χ3n) is 10.1. The maximum atomic E-state index is 15.0. The number of anilines is 1. The number of amides is 3. The molecule has 0 aliphatic carbocycles. The number of ether oxygens (including phenoxy) is 2. The van der Waals surface area contributed by atoms with Crippen molar-refractivity contribution in [1.82, 2.24) is 10.2 Å². The standard InChI is InChI=1S/C40H42ClN3O7/c1-3-5-20-33(46)42-24-32(27-16-10-7-11-17-27)50-39(49)34-31-21-22-40(51-31)35(34)37(47)44(30(25-45)26-14-8-6-9-15-26)36(40)38(48)43(23-4-2)29-19-13-12-18-28(29)41/h3-4,6-19,30-32,34-36,45H,1-2,5,20-25H2,(H,42,46)/t30-,31-,32-,34+,35+,36-,40+/m1/s1. The molecule has 0 radical (unpaired) electrons. The molecule has 2 bridgehead atoms. The minimum Gasteiger partial charge on any atom is -0.455 e. The summed E-state index contributed by atoms with van der Waals surface area (Å²) in [6.07, 6.45) is 3.20. The molecule has 1 spiro atoms. The Bertz CT molecular complexity index is 1770. The van der Waals surface area contributed by atoms with Crippen LogP contribution in [0.2, 0.25) is 5.02 Å². The molecule has 3 aliphatic heterocycles. The number of likely N-dealkylation sites (tertiary alicyclic amines) is 1. The lowest BCUT2D eigenvalue weighted by atomic mass is 9.70. The van der Waals surface area contributed by atoms with Gasteiger partial charge in [-0.3, -0.25) is 19.2 Å². The normalized spacial score (nSPS) is 24.4. The van der Waals surface area contributed by atoms with Crippen LogP contribution < -0.4 is 10.2 Å². The predicted molar refractivity (Wildman–Crippen MR) is 192 cm³/mol. The average molecular weight is 712 g/mol. The molecule has 10 nitrogen and oxygen atoms in total. The van der Waals surface area contributed by atoms with Crippen LogP contribution in [0.3, 0.4) is 0 Å². The number of nitrogens with one attached hydrogen (secondary N) is 1. The number of esters is 1. The molecule has 3 fully saturated rings. The van der Waals surface area contributed by atoms with Crippen LogP contribution >= 0.6 is 11.6 Å². The van der Waals surface area contributed by atoms with Crippen LogP contribution in [-0.2, 0) is 28.7 Å². The van der Waals surface area contributed by atoms with Crippen molar-refractivity contribution in [2.24, 2.45) is 11.8 Å². The van der Waals surface area contributed by atoms with E-state index in [-0.39, 0.29) is 25.4 Å². The summed E-state index contributed by atoms with van der Waals surface area (Å²) in [6, 6.07) is 22.9. The van der Waals surface area contributed by atoms with Gasteiger partial charge in [0.2, 0.25) is 11.8 Å². The number of rotatable bonds is 15. The van der Waals surface area contributed by atoms with E-state index >= 15 is 0 Å². The molecule has 51 heavy (non-hydrogen) atoms. The van der Waals surface area contributed by atoms with Crippen LogP contribution in [0.15, 0.2) is 110 Å². The van der Waals surface area contributed by atoms with E-state index in [4.69, 9.17) is 21.1 Å². The zero-order valence-electron chi connectivity index (χ0n) is 28.2. The SMILES string of the molecule is C=CCCC(=O)NC[C@@H](OC(=O)[C@@H]1[C@H]2C(=O)N([C@H](CO)c3ccccc3)[C@H](C(=O)N(CC=C)c3ccccc3Cl)[C@]23CC[C@H]1O3)c1ccccc1. The molecule has 266 valence electrons. The number of halogens is 1. The van der Waals surface area contributed by atoms with Crippen molar-refractivity contribution < 1.29 is 33.8 Å². The number of allylic oxidation sites excluding steroid dienone is 1. The summed E-state index contributed by atoms with van der Waals surface area (Å²) < 4.78 is 12.8. The quantitative estimate of drug-likeness (QED) is 0.161. The van der Waals surface area contributed by atoms with Gasteiger partial charge in [-0.05, 0) is 42.5 Å². The fourth-order valence-electron chi connectivity index (χ4n) is 7.90. The monoisotopic (exact) mass is 711 g/mol. The first-order valence-electron chi connectivity index (χ1n) is 17.2. The number of carbonyl (C=O) groups is 4. The Morgan fingerprint density at radius 2 is 1.69 bits per heavy atom. The molecule has 3 aromatic rings. The Labute approximate surface area is 302 Å². The highest BCUT2D eigenvalue weighted by Crippen LogP contribution is 2.60. The maximum absolute atomic E-state index is 15.0. The van der Waals surface area contributed by atoms with E-state index in [1.165, 1.54) is 9.80 Å². The largest absolute Gasteiger partial charge is 0.455 e. The number of hydrogen-bond donors (Lipinski definition) is 2. The van der Waals surface area contributed by atoms with E-state index in [1.807, 2.05) is 24.3 Å². The Hall–Kier alpha value is -4.77. The maximum Gasteiger partial charge on any atom is 0.313 e. The summed E-state index contributed by atoms with van der Waals surface area (Å²) in [6.45, 7) is 7.15. The molecule has 0 unspecified atom stereocenters. The highest BCUT2D eigenvalue weighted by molar-refractivity contribution is 6.34. The summed E-state index contributed by atoms with van der Waals surface area (Å²) in [4.78, 5) is 59.6. The molecule has 3 aromatic carbocycles. The van der Waals surface area contributed by atoms with Crippen molar-refractivity contribution in [1.29, 1.82) is 0 Å².